The van der Waals surface area contributed by atoms with E-state index < -0.39 is 0 Å². The van der Waals surface area contributed by atoms with Gasteiger partial charge < -0.3 is 5.73 Å². The smallest absolute Gasteiger partial charge is 0.124 e. The van der Waals surface area contributed by atoms with Gasteiger partial charge in [-0.15, -0.1) is 0 Å². The molecule has 0 saturated carbocycles. The highest BCUT2D eigenvalue weighted by Gasteiger charge is 2.22. The summed E-state index contributed by atoms with van der Waals surface area (Å²) in [4.78, 5) is 2.21. The Hall–Kier alpha value is -0.640. The second kappa shape index (κ2) is 7.07. The minimum absolute atomic E-state index is 0.0275. The first kappa shape index (κ1) is 15.4. The average molecular weight is 273 g/mol. The Bertz CT molecular complexity index is 384. The molecule has 0 aromatic heterocycles. The van der Waals surface area contributed by atoms with E-state index in [1.54, 1.807) is 6.07 Å². The van der Waals surface area contributed by atoms with Gasteiger partial charge in [0, 0.05) is 23.7 Å². The van der Waals surface area contributed by atoms with Crippen molar-refractivity contribution in [2.24, 2.45) is 5.73 Å². The SMILES string of the molecule is CCCC(C)N(C)C(CN)c1ccc(F)cc1Cl. The summed E-state index contributed by atoms with van der Waals surface area (Å²) >= 11 is 6.11. The maximum atomic E-state index is 13.1. The zero-order valence-electron chi connectivity index (χ0n) is 11.3. The summed E-state index contributed by atoms with van der Waals surface area (Å²) in [6.07, 6.45) is 2.23. The van der Waals surface area contributed by atoms with Crippen molar-refractivity contribution in [2.75, 3.05) is 13.6 Å². The van der Waals surface area contributed by atoms with Crippen molar-refractivity contribution in [3.05, 3.63) is 34.6 Å². The fourth-order valence-electron chi connectivity index (χ4n) is 2.21. The minimum atomic E-state index is -0.316. The fourth-order valence-corrected chi connectivity index (χ4v) is 2.51. The molecule has 0 aliphatic carbocycles. The van der Waals surface area contributed by atoms with Crippen LogP contribution in [0.1, 0.15) is 38.3 Å². The van der Waals surface area contributed by atoms with Gasteiger partial charge in [-0.3, -0.25) is 4.90 Å². The molecule has 1 aromatic rings. The molecule has 1 aromatic carbocycles. The van der Waals surface area contributed by atoms with Crippen LogP contribution in [0, 0.1) is 5.82 Å². The average Bonchev–Trinajstić information content (AvgIpc) is 2.32. The van der Waals surface area contributed by atoms with Crippen LogP contribution >= 0.6 is 11.6 Å². The normalized spacial score (nSPS) is 14.8. The Kier molecular flexibility index (Phi) is 6.06. The van der Waals surface area contributed by atoms with Crippen molar-refractivity contribution in [1.29, 1.82) is 0 Å². The Balaban J connectivity index is 2.94. The van der Waals surface area contributed by atoms with E-state index >= 15 is 0 Å². The molecule has 0 bridgehead atoms. The van der Waals surface area contributed by atoms with Gasteiger partial charge in [0.2, 0.25) is 0 Å². The van der Waals surface area contributed by atoms with Crippen molar-refractivity contribution in [1.82, 2.24) is 4.90 Å². The number of likely N-dealkylation sites (N-methyl/N-ethyl adjacent to an activating group) is 1. The zero-order valence-corrected chi connectivity index (χ0v) is 12.0. The summed E-state index contributed by atoms with van der Waals surface area (Å²) in [6, 6.07) is 4.95. The number of halogens is 2. The summed E-state index contributed by atoms with van der Waals surface area (Å²) in [5.41, 5.74) is 6.75. The molecule has 1 rings (SSSR count). The van der Waals surface area contributed by atoms with Gasteiger partial charge in [0.15, 0.2) is 0 Å². The molecule has 0 fully saturated rings. The van der Waals surface area contributed by atoms with Crippen LogP contribution in [0.2, 0.25) is 5.02 Å². The summed E-state index contributed by atoms with van der Waals surface area (Å²) in [5.74, 6) is -0.316. The molecule has 0 aliphatic heterocycles. The molecule has 2 N–H and O–H groups in total. The van der Waals surface area contributed by atoms with E-state index in [1.807, 2.05) is 7.05 Å². The summed E-state index contributed by atoms with van der Waals surface area (Å²) in [6.45, 7) is 4.80. The molecular weight excluding hydrogens is 251 g/mol. The second-order valence-corrected chi connectivity index (χ2v) is 5.13. The first-order chi connectivity index (χ1) is 8.51. The third kappa shape index (κ3) is 3.67. The molecule has 2 nitrogen and oxygen atoms in total. The van der Waals surface area contributed by atoms with E-state index in [1.165, 1.54) is 12.1 Å². The Labute approximate surface area is 114 Å². The van der Waals surface area contributed by atoms with E-state index in [9.17, 15) is 4.39 Å². The maximum Gasteiger partial charge on any atom is 0.124 e. The first-order valence-corrected chi connectivity index (χ1v) is 6.76. The predicted molar refractivity (Wildman–Crippen MR) is 75.3 cm³/mol. The summed E-state index contributed by atoms with van der Waals surface area (Å²) < 4.78 is 13.1. The molecule has 0 saturated heterocycles. The van der Waals surface area contributed by atoms with Gasteiger partial charge in [-0.25, -0.2) is 4.39 Å². The molecule has 0 amide bonds. The van der Waals surface area contributed by atoms with Crippen molar-refractivity contribution < 1.29 is 4.39 Å². The van der Waals surface area contributed by atoms with E-state index in [0.717, 1.165) is 18.4 Å². The lowest BCUT2D eigenvalue weighted by Gasteiger charge is -2.33. The van der Waals surface area contributed by atoms with Crippen molar-refractivity contribution in [3.63, 3.8) is 0 Å². The van der Waals surface area contributed by atoms with Gasteiger partial charge in [0.1, 0.15) is 5.82 Å². The first-order valence-electron chi connectivity index (χ1n) is 6.38. The summed E-state index contributed by atoms with van der Waals surface area (Å²) in [7, 11) is 2.04. The fraction of sp³-hybridized carbons (Fsp3) is 0.571. The Morgan fingerprint density at radius 1 is 1.44 bits per heavy atom. The molecule has 18 heavy (non-hydrogen) atoms. The highest BCUT2D eigenvalue weighted by atomic mass is 35.5. The highest BCUT2D eigenvalue weighted by Crippen LogP contribution is 2.28. The van der Waals surface area contributed by atoms with Crippen LogP contribution in [0.15, 0.2) is 18.2 Å². The Morgan fingerprint density at radius 2 is 2.11 bits per heavy atom. The molecule has 4 heteroatoms. The number of hydrogen-bond acceptors (Lipinski definition) is 2. The molecule has 2 atom stereocenters. The quantitative estimate of drug-likeness (QED) is 0.857. The van der Waals surface area contributed by atoms with Gasteiger partial charge >= 0.3 is 0 Å². The molecule has 0 heterocycles. The molecule has 2 unspecified atom stereocenters. The minimum Gasteiger partial charge on any atom is -0.329 e. The van der Waals surface area contributed by atoms with Gasteiger partial charge in [-0.1, -0.05) is 31.0 Å². The van der Waals surface area contributed by atoms with E-state index in [4.69, 9.17) is 17.3 Å². The Morgan fingerprint density at radius 3 is 2.61 bits per heavy atom. The van der Waals surface area contributed by atoms with Crippen LogP contribution in [-0.4, -0.2) is 24.5 Å². The van der Waals surface area contributed by atoms with Crippen molar-refractivity contribution >= 4 is 11.6 Å². The molecule has 0 spiro atoms. The predicted octanol–water partition coefficient (Wildman–Crippen LogP) is 3.60. The lowest BCUT2D eigenvalue weighted by molar-refractivity contribution is 0.180. The topological polar surface area (TPSA) is 29.3 Å². The van der Waals surface area contributed by atoms with Crippen LogP contribution in [0.25, 0.3) is 0 Å². The number of hydrogen-bond donors (Lipinski definition) is 1. The van der Waals surface area contributed by atoms with Gasteiger partial charge in [-0.05, 0) is 38.1 Å². The van der Waals surface area contributed by atoms with Crippen LogP contribution in [0.5, 0.6) is 0 Å². The van der Waals surface area contributed by atoms with E-state index in [0.29, 0.717) is 17.6 Å². The van der Waals surface area contributed by atoms with Crippen LogP contribution in [-0.2, 0) is 0 Å². The molecule has 102 valence electrons. The lowest BCUT2D eigenvalue weighted by Crippen LogP contribution is -2.37. The molecule has 0 radical (unpaired) electrons. The number of nitrogens with zero attached hydrogens (tertiary/aromatic N) is 1. The van der Waals surface area contributed by atoms with Gasteiger partial charge in [0.05, 0.1) is 0 Å². The number of benzene rings is 1. The van der Waals surface area contributed by atoms with E-state index in [2.05, 4.69) is 18.7 Å². The molecule has 0 aliphatic rings. The van der Waals surface area contributed by atoms with Crippen LogP contribution in [0.3, 0.4) is 0 Å². The number of rotatable bonds is 6. The monoisotopic (exact) mass is 272 g/mol. The van der Waals surface area contributed by atoms with Gasteiger partial charge in [0.25, 0.3) is 0 Å². The number of nitrogens with two attached hydrogens (primary N) is 1. The third-order valence-electron chi connectivity index (χ3n) is 3.44. The lowest BCUT2D eigenvalue weighted by atomic mass is 10.0. The van der Waals surface area contributed by atoms with Crippen LogP contribution in [0.4, 0.5) is 4.39 Å². The standard InChI is InChI=1S/C14H22ClFN2/c1-4-5-10(2)18(3)14(9-17)12-7-6-11(16)8-13(12)15/h6-8,10,14H,4-5,9,17H2,1-3H3. The zero-order chi connectivity index (χ0) is 13.7. The van der Waals surface area contributed by atoms with Gasteiger partial charge in [-0.2, -0.15) is 0 Å². The van der Waals surface area contributed by atoms with Crippen molar-refractivity contribution in [3.8, 4) is 0 Å². The second-order valence-electron chi connectivity index (χ2n) is 4.72. The summed E-state index contributed by atoms with van der Waals surface area (Å²) in [5, 5.41) is 0.445. The molecular formula is C14H22ClFN2. The van der Waals surface area contributed by atoms with E-state index in [-0.39, 0.29) is 11.9 Å². The maximum absolute atomic E-state index is 13.1. The van der Waals surface area contributed by atoms with Crippen molar-refractivity contribution in [2.45, 2.75) is 38.8 Å². The van der Waals surface area contributed by atoms with Crippen LogP contribution < -0.4 is 5.73 Å². The third-order valence-corrected chi connectivity index (χ3v) is 3.77. The highest BCUT2D eigenvalue weighted by molar-refractivity contribution is 6.31. The largest absolute Gasteiger partial charge is 0.329 e.